The van der Waals surface area contributed by atoms with Gasteiger partial charge in [-0.05, 0) is 18.6 Å². The van der Waals surface area contributed by atoms with Crippen molar-refractivity contribution >= 4 is 11.9 Å². The van der Waals surface area contributed by atoms with Crippen LogP contribution in [0.5, 0.6) is 5.75 Å². The predicted molar refractivity (Wildman–Crippen MR) is 65.1 cm³/mol. The van der Waals surface area contributed by atoms with Crippen LogP contribution in [0.2, 0.25) is 0 Å². The van der Waals surface area contributed by atoms with E-state index in [0.717, 1.165) is 0 Å². The summed E-state index contributed by atoms with van der Waals surface area (Å²) >= 11 is 0. The van der Waals surface area contributed by atoms with Crippen LogP contribution >= 0.6 is 0 Å². The zero-order chi connectivity index (χ0) is 13.7. The Bertz CT molecular complexity index is 465. The van der Waals surface area contributed by atoms with E-state index in [1.54, 1.807) is 6.07 Å². The third-order valence-electron chi connectivity index (χ3n) is 2.64. The van der Waals surface area contributed by atoms with Gasteiger partial charge in [0.1, 0.15) is 5.75 Å². The van der Waals surface area contributed by atoms with Crippen molar-refractivity contribution in [1.82, 2.24) is 0 Å². The van der Waals surface area contributed by atoms with Gasteiger partial charge in [-0.15, -0.1) is 0 Å². The summed E-state index contributed by atoms with van der Waals surface area (Å²) in [7, 11) is 4.04. The topological polar surface area (TPSA) is 61.8 Å². The molecule has 18 heavy (non-hydrogen) atoms. The van der Waals surface area contributed by atoms with Gasteiger partial charge in [0.05, 0.1) is 32.5 Å². The summed E-state index contributed by atoms with van der Waals surface area (Å²) in [4.78, 5) is 23.5. The smallest absolute Gasteiger partial charge is 0.339 e. The largest absolute Gasteiger partial charge is 0.496 e. The van der Waals surface area contributed by atoms with Crippen LogP contribution in [0.1, 0.15) is 33.2 Å². The van der Waals surface area contributed by atoms with Gasteiger partial charge in [-0.2, -0.15) is 0 Å². The number of hydrogen-bond donors (Lipinski definition) is 0. The summed E-state index contributed by atoms with van der Waals surface area (Å²) in [6, 6.07) is 3.13. The van der Waals surface area contributed by atoms with Gasteiger partial charge in [0.25, 0.3) is 0 Å². The Labute approximate surface area is 106 Å². The molecule has 0 heterocycles. The molecule has 98 valence electrons. The number of methoxy groups -OCH3 is 3. The highest BCUT2D eigenvalue weighted by atomic mass is 16.5. The molecule has 0 N–H and O–H groups in total. The molecule has 0 radical (unpaired) electrons. The maximum atomic E-state index is 11.8. The highest BCUT2D eigenvalue weighted by Gasteiger charge is 2.24. The first-order chi connectivity index (χ1) is 8.60. The highest BCUT2D eigenvalue weighted by Crippen LogP contribution is 2.27. The Balaban J connectivity index is 3.53. The molecule has 1 rings (SSSR count). The molecular weight excluding hydrogens is 236 g/mol. The van der Waals surface area contributed by atoms with Crippen LogP contribution in [0.4, 0.5) is 0 Å². The Morgan fingerprint density at radius 1 is 1.06 bits per heavy atom. The summed E-state index contributed by atoms with van der Waals surface area (Å²) in [6.07, 6.45) is 0.540. The standard InChI is InChI=1S/C13H16O5/c1-5-8-10(16-2)7-6-9(12(14)17-3)11(8)13(15)18-4/h6-7H,5H2,1-4H3. The molecule has 0 bridgehead atoms. The van der Waals surface area contributed by atoms with Crippen LogP contribution in [0.15, 0.2) is 12.1 Å². The van der Waals surface area contributed by atoms with Crippen molar-refractivity contribution in [2.45, 2.75) is 13.3 Å². The van der Waals surface area contributed by atoms with Crippen molar-refractivity contribution in [2.75, 3.05) is 21.3 Å². The molecule has 0 spiro atoms. The molecule has 0 aliphatic rings. The average molecular weight is 252 g/mol. The summed E-state index contributed by atoms with van der Waals surface area (Å²) in [5.41, 5.74) is 1.01. The molecular formula is C13H16O5. The molecule has 1 aromatic rings. The van der Waals surface area contributed by atoms with E-state index in [1.807, 2.05) is 6.92 Å². The van der Waals surface area contributed by atoms with Crippen LogP contribution in [0.3, 0.4) is 0 Å². The zero-order valence-corrected chi connectivity index (χ0v) is 10.9. The molecule has 0 aliphatic carbocycles. The fraction of sp³-hybridized carbons (Fsp3) is 0.385. The van der Waals surface area contributed by atoms with E-state index >= 15 is 0 Å². The van der Waals surface area contributed by atoms with Crippen LogP contribution in [0.25, 0.3) is 0 Å². The Kier molecular flexibility index (Phi) is 4.71. The van der Waals surface area contributed by atoms with Gasteiger partial charge in [-0.3, -0.25) is 0 Å². The Morgan fingerprint density at radius 3 is 2.11 bits per heavy atom. The van der Waals surface area contributed by atoms with Crippen molar-refractivity contribution < 1.29 is 23.8 Å². The van der Waals surface area contributed by atoms with E-state index in [9.17, 15) is 9.59 Å². The molecule has 0 aromatic heterocycles. The SMILES string of the molecule is CCc1c(OC)ccc(C(=O)OC)c1C(=O)OC. The van der Waals surface area contributed by atoms with Gasteiger partial charge in [0.2, 0.25) is 0 Å². The molecule has 1 aromatic carbocycles. The van der Waals surface area contributed by atoms with Crippen molar-refractivity contribution in [2.24, 2.45) is 0 Å². The molecule has 0 atom stereocenters. The van der Waals surface area contributed by atoms with Crippen molar-refractivity contribution in [3.05, 3.63) is 28.8 Å². The van der Waals surface area contributed by atoms with E-state index < -0.39 is 11.9 Å². The summed E-state index contributed by atoms with van der Waals surface area (Å²) < 4.78 is 14.5. The van der Waals surface area contributed by atoms with Crippen LogP contribution in [0, 0.1) is 0 Å². The number of hydrogen-bond acceptors (Lipinski definition) is 5. The first kappa shape index (κ1) is 14.0. The minimum atomic E-state index is -0.578. The predicted octanol–water partition coefficient (Wildman–Crippen LogP) is 1.83. The lowest BCUT2D eigenvalue weighted by molar-refractivity contribution is 0.0554. The monoisotopic (exact) mass is 252 g/mol. The van der Waals surface area contributed by atoms with Crippen molar-refractivity contribution in [1.29, 1.82) is 0 Å². The summed E-state index contributed by atoms with van der Waals surface area (Å²) in [6.45, 7) is 1.87. The maximum Gasteiger partial charge on any atom is 0.339 e. The van der Waals surface area contributed by atoms with Gasteiger partial charge in [0.15, 0.2) is 0 Å². The molecule has 0 aliphatic heterocycles. The fourth-order valence-corrected chi connectivity index (χ4v) is 1.79. The normalized spacial score (nSPS) is 9.78. The minimum Gasteiger partial charge on any atom is -0.496 e. The van der Waals surface area contributed by atoms with Gasteiger partial charge in [-0.1, -0.05) is 6.92 Å². The van der Waals surface area contributed by atoms with Gasteiger partial charge < -0.3 is 14.2 Å². The lowest BCUT2D eigenvalue weighted by Gasteiger charge is -2.14. The summed E-state index contributed by atoms with van der Waals surface area (Å²) in [5.74, 6) is -0.607. The van der Waals surface area contributed by atoms with Crippen molar-refractivity contribution in [3.8, 4) is 5.75 Å². The lowest BCUT2D eigenvalue weighted by atomic mass is 9.98. The first-order valence-corrected chi connectivity index (χ1v) is 5.47. The number of carbonyl (C=O) groups excluding carboxylic acids is 2. The van der Waals surface area contributed by atoms with Crippen molar-refractivity contribution in [3.63, 3.8) is 0 Å². The molecule has 0 saturated carbocycles. The average Bonchev–Trinajstić information content (AvgIpc) is 2.43. The molecule has 0 saturated heterocycles. The number of esters is 2. The van der Waals surface area contributed by atoms with E-state index in [1.165, 1.54) is 27.4 Å². The van der Waals surface area contributed by atoms with E-state index in [2.05, 4.69) is 4.74 Å². The van der Waals surface area contributed by atoms with E-state index in [-0.39, 0.29) is 11.1 Å². The quantitative estimate of drug-likeness (QED) is 0.765. The van der Waals surface area contributed by atoms with E-state index in [0.29, 0.717) is 17.7 Å². The minimum absolute atomic E-state index is 0.182. The second-order valence-electron chi connectivity index (χ2n) is 3.51. The van der Waals surface area contributed by atoms with Crippen LogP contribution in [-0.2, 0) is 15.9 Å². The fourth-order valence-electron chi connectivity index (χ4n) is 1.79. The highest BCUT2D eigenvalue weighted by molar-refractivity contribution is 6.04. The molecule has 0 fully saturated rings. The Hall–Kier alpha value is -2.04. The second kappa shape index (κ2) is 6.05. The van der Waals surface area contributed by atoms with Gasteiger partial charge in [0, 0.05) is 5.56 Å². The van der Waals surface area contributed by atoms with Gasteiger partial charge in [-0.25, -0.2) is 9.59 Å². The molecule has 0 unspecified atom stereocenters. The lowest BCUT2D eigenvalue weighted by Crippen LogP contribution is -2.15. The zero-order valence-electron chi connectivity index (χ0n) is 10.9. The molecule has 5 nitrogen and oxygen atoms in total. The number of ether oxygens (including phenoxy) is 3. The molecule has 5 heteroatoms. The second-order valence-corrected chi connectivity index (χ2v) is 3.51. The summed E-state index contributed by atoms with van der Waals surface area (Å²) in [5, 5.41) is 0. The number of rotatable bonds is 4. The first-order valence-electron chi connectivity index (χ1n) is 5.47. The van der Waals surface area contributed by atoms with E-state index in [4.69, 9.17) is 9.47 Å². The van der Waals surface area contributed by atoms with Crippen LogP contribution < -0.4 is 4.74 Å². The third-order valence-corrected chi connectivity index (χ3v) is 2.64. The maximum absolute atomic E-state index is 11.8. The Morgan fingerprint density at radius 2 is 1.67 bits per heavy atom. The van der Waals surface area contributed by atoms with Crippen LogP contribution in [-0.4, -0.2) is 33.3 Å². The number of carbonyl (C=O) groups is 2. The third kappa shape index (κ3) is 2.45. The number of benzene rings is 1. The van der Waals surface area contributed by atoms with Gasteiger partial charge >= 0.3 is 11.9 Å². The molecule has 0 amide bonds.